The van der Waals surface area contributed by atoms with E-state index in [1.165, 1.54) is 32.1 Å². The Morgan fingerprint density at radius 2 is 1.77 bits per heavy atom. The Morgan fingerprint density at radius 3 is 2.40 bits per heavy atom. The number of rotatable bonds is 5. The second kappa shape index (κ2) is 9.13. The van der Waals surface area contributed by atoms with Crippen molar-refractivity contribution >= 4 is 11.9 Å². The van der Waals surface area contributed by atoms with Crippen LogP contribution in [-0.2, 0) is 4.79 Å². The Kier molecular flexibility index (Phi) is 6.52. The minimum Gasteiger partial charge on any atom is -0.341 e. The average molecular weight is 416 g/mol. The van der Waals surface area contributed by atoms with Crippen LogP contribution in [0.4, 0.5) is 4.79 Å². The van der Waals surface area contributed by atoms with Crippen molar-refractivity contribution in [3.8, 4) is 6.07 Å². The van der Waals surface area contributed by atoms with Gasteiger partial charge in [-0.05, 0) is 49.9 Å². The van der Waals surface area contributed by atoms with Crippen LogP contribution < -0.4 is 10.6 Å². The van der Waals surface area contributed by atoms with Crippen LogP contribution in [0.1, 0.15) is 64.2 Å². The fourth-order valence-corrected chi connectivity index (χ4v) is 6.70. The molecule has 4 atom stereocenters. The molecule has 2 aliphatic carbocycles. The number of urea groups is 1. The van der Waals surface area contributed by atoms with Crippen molar-refractivity contribution in [3.05, 3.63) is 0 Å². The molecule has 2 heterocycles. The summed E-state index contributed by atoms with van der Waals surface area (Å²) in [5, 5.41) is 15.8. The summed E-state index contributed by atoms with van der Waals surface area (Å²) in [5.41, 5.74) is 0.00362. The number of amides is 3. The van der Waals surface area contributed by atoms with Gasteiger partial charge in [-0.1, -0.05) is 32.1 Å². The van der Waals surface area contributed by atoms with Crippen LogP contribution in [-0.4, -0.2) is 66.5 Å². The van der Waals surface area contributed by atoms with E-state index in [-0.39, 0.29) is 23.5 Å². The Labute approximate surface area is 180 Å². The molecule has 0 aromatic carbocycles. The molecule has 2 saturated heterocycles. The Bertz CT molecular complexity index is 670. The molecule has 0 spiro atoms. The maximum absolute atomic E-state index is 12.9. The normalized spacial score (nSPS) is 34.1. The Balaban J connectivity index is 1.41. The molecule has 0 aromatic rings. The fourth-order valence-electron chi connectivity index (χ4n) is 6.70. The molecule has 2 aliphatic heterocycles. The number of hydrogen-bond donors (Lipinski definition) is 2. The van der Waals surface area contributed by atoms with E-state index in [4.69, 9.17) is 0 Å². The molecular weight excluding hydrogens is 378 g/mol. The van der Waals surface area contributed by atoms with Gasteiger partial charge in [0.15, 0.2) is 0 Å². The maximum Gasteiger partial charge on any atom is 0.317 e. The van der Waals surface area contributed by atoms with Gasteiger partial charge in [0, 0.05) is 32.2 Å². The standard InChI is InChI=1S/C23H37N5O2/c1-25-22(30)27-15-18-11-23(12-19(18)16-27,10-17-6-3-2-4-7-17)26-14-21(29)28-9-5-8-20(28)13-24/h17-20,26H,2-12,14-16H2,1H3,(H,25,30)/t18-,19+,20-,23-/m0/s1. The molecule has 7 heteroatoms. The average Bonchev–Trinajstić information content (AvgIpc) is 3.46. The molecule has 4 aliphatic rings. The first kappa shape index (κ1) is 21.4. The zero-order chi connectivity index (χ0) is 21.1. The summed E-state index contributed by atoms with van der Waals surface area (Å²) in [6.45, 7) is 2.70. The zero-order valence-electron chi connectivity index (χ0n) is 18.4. The first-order valence-electron chi connectivity index (χ1n) is 11.9. The summed E-state index contributed by atoms with van der Waals surface area (Å²) in [6.07, 6.45) is 11.6. The highest BCUT2D eigenvalue weighted by atomic mass is 16.2. The van der Waals surface area contributed by atoms with E-state index in [0.717, 1.165) is 51.1 Å². The number of hydrogen-bond acceptors (Lipinski definition) is 4. The van der Waals surface area contributed by atoms with Crippen molar-refractivity contribution in [2.75, 3.05) is 33.2 Å². The minimum absolute atomic E-state index is 0.00362. The van der Waals surface area contributed by atoms with E-state index >= 15 is 0 Å². The van der Waals surface area contributed by atoms with Gasteiger partial charge in [-0.3, -0.25) is 4.79 Å². The highest BCUT2D eigenvalue weighted by Gasteiger charge is 2.50. The maximum atomic E-state index is 12.9. The molecule has 4 fully saturated rings. The number of carbonyl (C=O) groups excluding carboxylic acids is 2. The Morgan fingerprint density at radius 1 is 1.07 bits per heavy atom. The number of carbonyl (C=O) groups is 2. The van der Waals surface area contributed by atoms with E-state index in [1.54, 1.807) is 11.9 Å². The molecule has 0 unspecified atom stereocenters. The van der Waals surface area contributed by atoms with Gasteiger partial charge in [-0.25, -0.2) is 4.79 Å². The molecule has 0 aromatic heterocycles. The molecule has 7 nitrogen and oxygen atoms in total. The topological polar surface area (TPSA) is 88.5 Å². The van der Waals surface area contributed by atoms with Gasteiger partial charge in [0.1, 0.15) is 6.04 Å². The second-order valence-electron chi connectivity index (χ2n) is 10.1. The van der Waals surface area contributed by atoms with Crippen molar-refractivity contribution < 1.29 is 9.59 Å². The monoisotopic (exact) mass is 415 g/mol. The van der Waals surface area contributed by atoms with Crippen molar-refractivity contribution in [1.29, 1.82) is 5.26 Å². The van der Waals surface area contributed by atoms with Gasteiger partial charge in [0.2, 0.25) is 5.91 Å². The first-order chi connectivity index (χ1) is 14.5. The molecule has 30 heavy (non-hydrogen) atoms. The third-order valence-corrected chi connectivity index (χ3v) is 8.12. The van der Waals surface area contributed by atoms with Crippen molar-refractivity contribution in [2.45, 2.75) is 75.8 Å². The molecule has 0 radical (unpaired) electrons. The van der Waals surface area contributed by atoms with E-state index in [0.29, 0.717) is 24.9 Å². The number of nitrogens with zero attached hydrogens (tertiary/aromatic N) is 3. The lowest BCUT2D eigenvalue weighted by atomic mass is 9.77. The number of nitriles is 1. The van der Waals surface area contributed by atoms with Gasteiger partial charge < -0.3 is 20.4 Å². The third-order valence-electron chi connectivity index (χ3n) is 8.12. The van der Waals surface area contributed by atoms with E-state index < -0.39 is 0 Å². The second-order valence-corrected chi connectivity index (χ2v) is 10.1. The molecular formula is C23H37N5O2. The van der Waals surface area contributed by atoms with Crippen LogP contribution >= 0.6 is 0 Å². The van der Waals surface area contributed by atoms with Crippen LogP contribution in [0.25, 0.3) is 0 Å². The van der Waals surface area contributed by atoms with Crippen LogP contribution in [0.3, 0.4) is 0 Å². The minimum atomic E-state index is -0.252. The SMILES string of the molecule is CNC(=O)N1C[C@@H]2C[C@](CC3CCCCC3)(NCC(=O)N3CCC[C@H]3C#N)C[C@@H]2C1. The highest BCUT2D eigenvalue weighted by molar-refractivity contribution is 5.79. The quantitative estimate of drug-likeness (QED) is 0.722. The summed E-state index contributed by atoms with van der Waals surface area (Å²) in [5.74, 6) is 1.86. The van der Waals surface area contributed by atoms with Gasteiger partial charge in [-0.15, -0.1) is 0 Å². The summed E-state index contributed by atoms with van der Waals surface area (Å²) < 4.78 is 0. The van der Waals surface area contributed by atoms with Gasteiger partial charge >= 0.3 is 6.03 Å². The predicted molar refractivity (Wildman–Crippen MR) is 115 cm³/mol. The van der Waals surface area contributed by atoms with Crippen LogP contribution in [0.2, 0.25) is 0 Å². The van der Waals surface area contributed by atoms with E-state index in [9.17, 15) is 14.9 Å². The summed E-state index contributed by atoms with van der Waals surface area (Å²) in [6, 6.07) is 2.06. The molecule has 0 bridgehead atoms. The van der Waals surface area contributed by atoms with E-state index in [2.05, 4.69) is 16.7 Å². The van der Waals surface area contributed by atoms with Crippen molar-refractivity contribution in [3.63, 3.8) is 0 Å². The molecule has 2 saturated carbocycles. The van der Waals surface area contributed by atoms with Gasteiger partial charge in [-0.2, -0.15) is 5.26 Å². The zero-order valence-corrected chi connectivity index (χ0v) is 18.4. The fraction of sp³-hybridized carbons (Fsp3) is 0.870. The van der Waals surface area contributed by atoms with Crippen molar-refractivity contribution in [1.82, 2.24) is 20.4 Å². The van der Waals surface area contributed by atoms with Crippen LogP contribution in [0.5, 0.6) is 0 Å². The predicted octanol–water partition coefficient (Wildman–Crippen LogP) is 2.48. The van der Waals surface area contributed by atoms with Crippen molar-refractivity contribution in [2.24, 2.45) is 17.8 Å². The number of fused-ring (bicyclic) bond motifs is 1. The largest absolute Gasteiger partial charge is 0.341 e. The number of nitrogens with one attached hydrogen (secondary N) is 2. The number of likely N-dealkylation sites (tertiary alicyclic amines) is 2. The highest BCUT2D eigenvalue weighted by Crippen LogP contribution is 2.48. The molecule has 4 rings (SSSR count). The third kappa shape index (κ3) is 4.44. The molecule has 166 valence electrons. The van der Waals surface area contributed by atoms with Crippen LogP contribution in [0, 0.1) is 29.1 Å². The smallest absolute Gasteiger partial charge is 0.317 e. The lowest BCUT2D eigenvalue weighted by molar-refractivity contribution is -0.130. The van der Waals surface area contributed by atoms with E-state index in [1.807, 2.05) is 4.90 Å². The molecule has 3 amide bonds. The Hall–Kier alpha value is -1.81. The summed E-state index contributed by atoms with van der Waals surface area (Å²) >= 11 is 0. The lowest BCUT2D eigenvalue weighted by Gasteiger charge is -2.37. The lowest BCUT2D eigenvalue weighted by Crippen LogP contribution is -2.51. The summed E-state index contributed by atoms with van der Waals surface area (Å²) in [7, 11) is 1.70. The summed E-state index contributed by atoms with van der Waals surface area (Å²) in [4.78, 5) is 28.7. The van der Waals surface area contributed by atoms with Crippen LogP contribution in [0.15, 0.2) is 0 Å². The van der Waals surface area contributed by atoms with Gasteiger partial charge in [0.05, 0.1) is 12.6 Å². The molecule has 2 N–H and O–H groups in total. The van der Waals surface area contributed by atoms with Gasteiger partial charge in [0.25, 0.3) is 0 Å². The first-order valence-corrected chi connectivity index (χ1v) is 11.9.